The standard InChI is InChI=1S/C48H56N8O9S/c1-51(2)26-34-36(64-4)22-28(23-37(34)65-5)33-27-52(3)45(61)32-25-38(66-42(32)33)44(60)49-39-10-12-48(39)13-16-55(17-14-48)41(58)11-15-53-18-20-54(21-19-53)29-6-7-30-31(24-29)47(63)56(46(30)62)35-8-9-40(57)50-43(35)59/h6-7,22-25,27,35,39H,8-21,26H2,1-5H3,(H,49,60)(H,50,57,59). The van der Waals surface area contributed by atoms with Gasteiger partial charge in [-0.3, -0.25) is 48.7 Å². The lowest BCUT2D eigenvalue weighted by Gasteiger charge is -2.54. The summed E-state index contributed by atoms with van der Waals surface area (Å²) in [6.07, 6.45) is 5.86. The van der Waals surface area contributed by atoms with E-state index in [0.29, 0.717) is 67.5 Å². The number of piperazine rings is 1. The van der Waals surface area contributed by atoms with Crippen LogP contribution in [0.2, 0.25) is 0 Å². The van der Waals surface area contributed by atoms with E-state index in [9.17, 15) is 33.6 Å². The highest BCUT2D eigenvalue weighted by Gasteiger charge is 2.49. The van der Waals surface area contributed by atoms with Gasteiger partial charge in [0.15, 0.2) is 0 Å². The Balaban J connectivity index is 0.772. The maximum absolute atomic E-state index is 13.9. The van der Waals surface area contributed by atoms with Crippen LogP contribution in [-0.2, 0) is 28.0 Å². The number of amides is 6. The van der Waals surface area contributed by atoms with Crippen LogP contribution in [0, 0.1) is 5.41 Å². The predicted molar refractivity (Wildman–Crippen MR) is 248 cm³/mol. The number of nitrogens with one attached hydrogen (secondary N) is 2. The molecule has 1 aliphatic carbocycles. The van der Waals surface area contributed by atoms with Gasteiger partial charge in [0.05, 0.1) is 41.2 Å². The van der Waals surface area contributed by atoms with Crippen LogP contribution >= 0.6 is 11.3 Å². The summed E-state index contributed by atoms with van der Waals surface area (Å²) < 4.78 is 13.9. The molecule has 1 spiro atoms. The summed E-state index contributed by atoms with van der Waals surface area (Å²) in [6.45, 7) is 5.35. The molecule has 18 heteroatoms. The van der Waals surface area contributed by atoms with Gasteiger partial charge in [0, 0.05) is 100 Å². The summed E-state index contributed by atoms with van der Waals surface area (Å²) in [5, 5.41) is 6.03. The molecule has 1 saturated carbocycles. The lowest BCUT2D eigenvalue weighted by molar-refractivity contribution is -0.137. The average molecular weight is 921 g/mol. The zero-order chi connectivity index (χ0) is 46.6. The van der Waals surface area contributed by atoms with Crippen LogP contribution in [0.25, 0.3) is 21.2 Å². The fraction of sp³-hybridized carbons (Fsp3) is 0.479. The Morgan fingerprint density at radius 1 is 0.864 bits per heavy atom. The number of aromatic nitrogens is 1. The molecule has 4 aromatic rings. The van der Waals surface area contributed by atoms with Crippen molar-refractivity contribution in [3.05, 3.63) is 74.5 Å². The highest BCUT2D eigenvalue weighted by Crippen LogP contribution is 2.49. The van der Waals surface area contributed by atoms with Crippen molar-refractivity contribution < 1.29 is 38.2 Å². The zero-order valence-corrected chi connectivity index (χ0v) is 38.9. The van der Waals surface area contributed by atoms with Crippen molar-refractivity contribution in [1.29, 1.82) is 0 Å². The summed E-state index contributed by atoms with van der Waals surface area (Å²) >= 11 is 1.31. The topological polar surface area (TPSA) is 183 Å². The minimum Gasteiger partial charge on any atom is -0.496 e. The molecule has 66 heavy (non-hydrogen) atoms. The molecule has 348 valence electrons. The number of hydrogen-bond acceptors (Lipinski definition) is 13. The van der Waals surface area contributed by atoms with Crippen LogP contribution in [0.3, 0.4) is 0 Å². The van der Waals surface area contributed by atoms with Crippen LogP contribution in [0.15, 0.2) is 47.4 Å². The van der Waals surface area contributed by atoms with Gasteiger partial charge in [0.1, 0.15) is 17.5 Å². The Morgan fingerprint density at radius 3 is 2.20 bits per heavy atom. The van der Waals surface area contributed by atoms with Gasteiger partial charge in [-0.2, -0.15) is 0 Å². The smallest absolute Gasteiger partial charge is 0.262 e. The second-order valence-electron chi connectivity index (χ2n) is 18.5. The fourth-order valence-corrected chi connectivity index (χ4v) is 11.5. The molecule has 5 aliphatic rings. The van der Waals surface area contributed by atoms with E-state index < -0.39 is 29.7 Å². The summed E-state index contributed by atoms with van der Waals surface area (Å²) in [5.41, 5.74) is 3.62. The first-order chi connectivity index (χ1) is 31.7. The molecule has 2 atom stereocenters. The minimum absolute atomic E-state index is 0.0163. The quantitative estimate of drug-likeness (QED) is 0.198. The van der Waals surface area contributed by atoms with Crippen LogP contribution in [0.1, 0.15) is 80.9 Å². The number of thiophene rings is 1. The van der Waals surface area contributed by atoms with Crippen molar-refractivity contribution in [1.82, 2.24) is 34.8 Å². The van der Waals surface area contributed by atoms with Gasteiger partial charge in [-0.05, 0) is 93.6 Å². The predicted octanol–water partition coefficient (Wildman–Crippen LogP) is 3.46. The van der Waals surface area contributed by atoms with Gasteiger partial charge in [0.2, 0.25) is 17.7 Å². The van der Waals surface area contributed by atoms with Crippen molar-refractivity contribution in [2.45, 2.75) is 63.6 Å². The van der Waals surface area contributed by atoms with E-state index >= 15 is 0 Å². The number of pyridine rings is 1. The second-order valence-corrected chi connectivity index (χ2v) is 19.5. The maximum Gasteiger partial charge on any atom is 0.262 e. The van der Waals surface area contributed by atoms with Gasteiger partial charge in [0.25, 0.3) is 23.3 Å². The number of likely N-dealkylation sites (tertiary alicyclic amines) is 1. The molecule has 17 nitrogen and oxygen atoms in total. The summed E-state index contributed by atoms with van der Waals surface area (Å²) in [5.74, 6) is -0.820. The molecule has 2 aromatic heterocycles. The number of nitrogens with zero attached hydrogens (tertiary/aromatic N) is 6. The van der Waals surface area contributed by atoms with Gasteiger partial charge in [-0.1, -0.05) is 0 Å². The van der Waals surface area contributed by atoms with Gasteiger partial charge >= 0.3 is 0 Å². The lowest BCUT2D eigenvalue weighted by Crippen LogP contribution is -2.59. The maximum atomic E-state index is 13.9. The second kappa shape index (κ2) is 17.9. The number of benzene rings is 2. The van der Waals surface area contributed by atoms with E-state index in [1.165, 1.54) is 11.3 Å². The molecular weight excluding hydrogens is 865 g/mol. The number of imide groups is 2. The fourth-order valence-electron chi connectivity index (χ4n) is 10.4. The molecule has 9 rings (SSSR count). The molecule has 2 aromatic carbocycles. The Bertz CT molecular complexity index is 2690. The number of anilines is 1. The number of methoxy groups -OCH3 is 2. The molecule has 6 heterocycles. The molecule has 3 saturated heterocycles. The summed E-state index contributed by atoms with van der Waals surface area (Å²) in [4.78, 5) is 101. The molecule has 6 amide bonds. The van der Waals surface area contributed by atoms with Crippen LogP contribution in [0.4, 0.5) is 5.69 Å². The van der Waals surface area contributed by atoms with E-state index in [1.54, 1.807) is 50.2 Å². The third-order valence-electron chi connectivity index (χ3n) is 14.4. The number of fused-ring (bicyclic) bond motifs is 2. The SMILES string of the molecule is COc1cc(-c2cn(C)c(=O)c3cc(C(=O)NC4CCC45CCN(C(=O)CCN4CCN(c6ccc7c(c6)C(=O)N(C6CCC(=O)NC6=O)C7=O)CC4)CC5)sc23)cc(OC)c1CN(C)C. The molecule has 2 N–H and O–H groups in total. The van der Waals surface area contributed by atoms with E-state index in [0.717, 1.165) is 70.8 Å². The third-order valence-corrected chi connectivity index (χ3v) is 15.5. The first-order valence-corrected chi connectivity index (χ1v) is 23.4. The number of carbonyl (C=O) groups excluding carboxylic acids is 6. The summed E-state index contributed by atoms with van der Waals surface area (Å²) in [7, 11) is 8.93. The van der Waals surface area contributed by atoms with Crippen molar-refractivity contribution in [3.8, 4) is 22.6 Å². The normalized spacial score (nSPS) is 20.8. The Labute approximate surface area is 386 Å². The van der Waals surface area contributed by atoms with Gasteiger partial charge in [-0.25, -0.2) is 0 Å². The van der Waals surface area contributed by atoms with Gasteiger partial charge in [-0.15, -0.1) is 11.3 Å². The van der Waals surface area contributed by atoms with Crippen LogP contribution in [0.5, 0.6) is 11.5 Å². The molecular formula is C48H56N8O9S. The number of piperidine rings is 2. The van der Waals surface area contributed by atoms with Crippen molar-refractivity contribution in [2.75, 3.05) is 79.0 Å². The van der Waals surface area contributed by atoms with Crippen molar-refractivity contribution >= 4 is 62.6 Å². The monoisotopic (exact) mass is 920 g/mol. The largest absolute Gasteiger partial charge is 0.496 e. The molecule has 4 fully saturated rings. The highest BCUT2D eigenvalue weighted by atomic mass is 32.1. The average Bonchev–Trinajstić information content (AvgIpc) is 3.87. The number of ether oxygens (including phenoxy) is 2. The number of aryl methyl sites for hydroxylation is 1. The minimum atomic E-state index is -1.01. The molecule has 0 radical (unpaired) electrons. The third kappa shape index (κ3) is 8.23. The first kappa shape index (κ1) is 45.1. The number of carbonyl (C=O) groups is 6. The Hall–Kier alpha value is -6.11. The Kier molecular flexibility index (Phi) is 12.2. The van der Waals surface area contributed by atoms with Gasteiger partial charge < -0.3 is 34.1 Å². The van der Waals surface area contributed by atoms with Crippen molar-refractivity contribution in [2.24, 2.45) is 12.5 Å². The van der Waals surface area contributed by atoms with E-state index in [1.807, 2.05) is 42.1 Å². The molecule has 2 unspecified atom stereocenters. The zero-order valence-electron chi connectivity index (χ0n) is 38.1. The molecule has 0 bridgehead atoms. The van der Waals surface area contributed by atoms with Crippen LogP contribution < -0.4 is 30.6 Å². The Morgan fingerprint density at radius 2 is 1.56 bits per heavy atom. The van der Waals surface area contributed by atoms with Crippen molar-refractivity contribution in [3.63, 3.8) is 0 Å². The van der Waals surface area contributed by atoms with E-state index in [-0.39, 0.29) is 52.8 Å². The first-order valence-electron chi connectivity index (χ1n) is 22.6. The summed E-state index contributed by atoms with van der Waals surface area (Å²) in [6, 6.07) is 9.77. The lowest BCUT2D eigenvalue weighted by atomic mass is 9.59. The number of rotatable bonds is 12. The van der Waals surface area contributed by atoms with E-state index in [2.05, 4.69) is 20.4 Å². The number of hydrogen-bond donors (Lipinski definition) is 2. The highest BCUT2D eigenvalue weighted by molar-refractivity contribution is 7.21. The van der Waals surface area contributed by atoms with E-state index in [4.69, 9.17) is 9.47 Å². The molecule has 4 aliphatic heterocycles. The van der Waals surface area contributed by atoms with Crippen LogP contribution in [-0.4, -0.2) is 146 Å².